The van der Waals surface area contributed by atoms with Gasteiger partial charge in [0.25, 0.3) is 0 Å². The Hall–Kier alpha value is -2.40. The predicted octanol–water partition coefficient (Wildman–Crippen LogP) is 2.46. The molecule has 0 fully saturated rings. The van der Waals surface area contributed by atoms with Crippen molar-refractivity contribution in [3.8, 4) is 0 Å². The molecule has 0 aliphatic carbocycles. The van der Waals surface area contributed by atoms with E-state index in [4.69, 9.17) is 14.9 Å². The van der Waals surface area contributed by atoms with Gasteiger partial charge in [-0.15, -0.1) is 13.2 Å². The highest BCUT2D eigenvalue weighted by molar-refractivity contribution is 6.01. The van der Waals surface area contributed by atoms with Gasteiger partial charge in [0.1, 0.15) is 0 Å². The number of ether oxygens (including phenoxy) is 1. The van der Waals surface area contributed by atoms with Crippen LogP contribution in [0.2, 0.25) is 0 Å². The van der Waals surface area contributed by atoms with Crippen LogP contribution in [0.15, 0.2) is 49.6 Å². The van der Waals surface area contributed by atoms with Crippen molar-refractivity contribution in [2.75, 3.05) is 13.2 Å². The zero-order valence-electron chi connectivity index (χ0n) is 10.4. The molecule has 19 heavy (non-hydrogen) atoms. The Morgan fingerprint density at radius 2 is 1.37 bits per heavy atom. The lowest BCUT2D eigenvalue weighted by atomic mass is 10.1. The van der Waals surface area contributed by atoms with Crippen LogP contribution in [0.4, 0.5) is 0 Å². The van der Waals surface area contributed by atoms with Crippen molar-refractivity contribution in [3.63, 3.8) is 0 Å². The molecule has 0 aliphatic rings. The smallest absolute Gasteiger partial charge is 0.336 e. The highest BCUT2D eigenvalue weighted by Gasteiger charge is 2.13. The highest BCUT2D eigenvalue weighted by Crippen LogP contribution is 2.07. The number of carboxylic acid groups (broad SMARTS) is 2. The van der Waals surface area contributed by atoms with Gasteiger partial charge < -0.3 is 14.9 Å². The highest BCUT2D eigenvalue weighted by atomic mass is 16.5. The molecule has 0 aromatic heterocycles. The Balaban J connectivity index is 0.000000399. The van der Waals surface area contributed by atoms with Crippen LogP contribution < -0.4 is 0 Å². The molecule has 1 aromatic rings. The molecule has 0 amide bonds. The minimum atomic E-state index is -1.23. The Kier molecular flexibility index (Phi) is 8.40. The van der Waals surface area contributed by atoms with Crippen LogP contribution in [-0.2, 0) is 4.74 Å². The Morgan fingerprint density at radius 3 is 1.63 bits per heavy atom. The molecule has 5 nitrogen and oxygen atoms in total. The average molecular weight is 264 g/mol. The average Bonchev–Trinajstić information content (AvgIpc) is 2.40. The van der Waals surface area contributed by atoms with E-state index < -0.39 is 11.9 Å². The van der Waals surface area contributed by atoms with E-state index in [0.717, 1.165) is 0 Å². The maximum Gasteiger partial charge on any atom is 0.336 e. The van der Waals surface area contributed by atoms with Crippen LogP contribution in [0, 0.1) is 0 Å². The van der Waals surface area contributed by atoms with Gasteiger partial charge in [-0.05, 0) is 12.1 Å². The van der Waals surface area contributed by atoms with Crippen molar-refractivity contribution in [1.82, 2.24) is 0 Å². The number of carboxylic acids is 2. The molecule has 1 aromatic carbocycles. The third-order valence-electron chi connectivity index (χ3n) is 1.86. The van der Waals surface area contributed by atoms with Crippen LogP contribution in [0.25, 0.3) is 0 Å². The van der Waals surface area contributed by atoms with E-state index in [1.165, 1.54) is 24.3 Å². The Labute approximate surface area is 111 Å². The monoisotopic (exact) mass is 264 g/mol. The van der Waals surface area contributed by atoms with E-state index in [9.17, 15) is 9.59 Å². The molecule has 0 spiro atoms. The Morgan fingerprint density at radius 1 is 1.00 bits per heavy atom. The minimum absolute atomic E-state index is 0.190. The third kappa shape index (κ3) is 6.80. The summed E-state index contributed by atoms with van der Waals surface area (Å²) in [4.78, 5) is 20.9. The van der Waals surface area contributed by atoms with E-state index in [2.05, 4.69) is 13.2 Å². The van der Waals surface area contributed by atoms with Crippen molar-refractivity contribution in [3.05, 3.63) is 60.7 Å². The molecule has 0 radical (unpaired) electrons. The summed E-state index contributed by atoms with van der Waals surface area (Å²) in [6, 6.07) is 5.48. The van der Waals surface area contributed by atoms with Gasteiger partial charge in [0.05, 0.1) is 24.3 Å². The number of rotatable bonds is 6. The molecule has 102 valence electrons. The normalized spacial score (nSPS) is 8.84. The van der Waals surface area contributed by atoms with Crippen LogP contribution in [-0.4, -0.2) is 35.4 Å². The summed E-state index contributed by atoms with van der Waals surface area (Å²) in [7, 11) is 0. The van der Waals surface area contributed by atoms with Crippen molar-refractivity contribution in [2.24, 2.45) is 0 Å². The van der Waals surface area contributed by atoms with Gasteiger partial charge in [-0.1, -0.05) is 24.3 Å². The van der Waals surface area contributed by atoms with Gasteiger partial charge in [0.15, 0.2) is 0 Å². The molecular formula is C14H16O5. The van der Waals surface area contributed by atoms with Crippen molar-refractivity contribution < 1.29 is 24.5 Å². The summed E-state index contributed by atoms with van der Waals surface area (Å²) in [5.41, 5.74) is -0.380. The molecule has 0 heterocycles. The summed E-state index contributed by atoms with van der Waals surface area (Å²) < 4.78 is 4.90. The molecule has 0 saturated carbocycles. The number of hydrogen-bond donors (Lipinski definition) is 2. The number of hydrogen-bond acceptors (Lipinski definition) is 3. The van der Waals surface area contributed by atoms with Crippen LogP contribution >= 0.6 is 0 Å². The predicted molar refractivity (Wildman–Crippen MR) is 71.6 cm³/mol. The van der Waals surface area contributed by atoms with Gasteiger partial charge in [0, 0.05) is 0 Å². The molecule has 5 heteroatoms. The second kappa shape index (κ2) is 9.61. The van der Waals surface area contributed by atoms with Gasteiger partial charge in [0.2, 0.25) is 0 Å². The zero-order valence-corrected chi connectivity index (χ0v) is 10.4. The molecular weight excluding hydrogens is 248 g/mol. The molecule has 2 N–H and O–H groups in total. The first-order valence-corrected chi connectivity index (χ1v) is 5.39. The van der Waals surface area contributed by atoms with Crippen LogP contribution in [0.1, 0.15) is 20.7 Å². The Bertz CT molecular complexity index is 410. The fourth-order valence-corrected chi connectivity index (χ4v) is 1.09. The summed E-state index contributed by atoms with van der Waals surface area (Å²) >= 11 is 0. The first kappa shape index (κ1) is 16.6. The van der Waals surface area contributed by atoms with Crippen molar-refractivity contribution in [2.45, 2.75) is 0 Å². The van der Waals surface area contributed by atoms with Gasteiger partial charge in [-0.2, -0.15) is 0 Å². The van der Waals surface area contributed by atoms with Gasteiger partial charge in [-0.3, -0.25) is 0 Å². The largest absolute Gasteiger partial charge is 0.478 e. The van der Waals surface area contributed by atoms with E-state index in [1.54, 1.807) is 12.2 Å². The first-order valence-electron chi connectivity index (χ1n) is 5.39. The standard InChI is InChI=1S/C8H6O4.C6H10O/c9-7(10)5-3-1-2-4-6(5)8(11)12;1-3-5-7-6-4-2/h1-4H,(H,9,10)(H,11,12);3-4H,1-2,5-6H2. The summed E-state index contributed by atoms with van der Waals surface area (Å²) in [5.74, 6) is -2.46. The summed E-state index contributed by atoms with van der Waals surface area (Å²) in [6.07, 6.45) is 3.42. The quantitative estimate of drug-likeness (QED) is 0.609. The number of benzene rings is 1. The second-order valence-corrected chi connectivity index (χ2v) is 3.27. The molecule has 0 unspecified atom stereocenters. The molecule has 0 aliphatic heterocycles. The van der Waals surface area contributed by atoms with Crippen LogP contribution in [0.5, 0.6) is 0 Å². The zero-order chi connectivity index (χ0) is 14.7. The maximum absolute atomic E-state index is 10.5. The van der Waals surface area contributed by atoms with E-state index >= 15 is 0 Å². The summed E-state index contributed by atoms with van der Waals surface area (Å²) in [5, 5.41) is 17.1. The fraction of sp³-hybridized carbons (Fsp3) is 0.143. The van der Waals surface area contributed by atoms with Crippen LogP contribution in [0.3, 0.4) is 0 Å². The topological polar surface area (TPSA) is 83.8 Å². The molecule has 0 saturated heterocycles. The molecule has 0 atom stereocenters. The number of carbonyl (C=O) groups is 2. The molecule has 1 rings (SSSR count). The van der Waals surface area contributed by atoms with Crippen molar-refractivity contribution >= 4 is 11.9 Å². The number of aromatic carboxylic acids is 2. The van der Waals surface area contributed by atoms with Crippen molar-refractivity contribution in [1.29, 1.82) is 0 Å². The maximum atomic E-state index is 10.5. The van der Waals surface area contributed by atoms with E-state index in [-0.39, 0.29) is 11.1 Å². The van der Waals surface area contributed by atoms with E-state index in [1.807, 2.05) is 0 Å². The third-order valence-corrected chi connectivity index (χ3v) is 1.86. The fourth-order valence-electron chi connectivity index (χ4n) is 1.09. The van der Waals surface area contributed by atoms with E-state index in [0.29, 0.717) is 13.2 Å². The lowest BCUT2D eigenvalue weighted by molar-refractivity contribution is 0.0651. The van der Waals surface area contributed by atoms with Gasteiger partial charge >= 0.3 is 11.9 Å². The lowest BCUT2D eigenvalue weighted by Gasteiger charge is -1.98. The second-order valence-electron chi connectivity index (χ2n) is 3.27. The van der Waals surface area contributed by atoms with Gasteiger partial charge in [-0.25, -0.2) is 9.59 Å². The molecule has 0 bridgehead atoms. The lowest BCUT2D eigenvalue weighted by Crippen LogP contribution is -2.06. The SMILES string of the molecule is C=CCOCC=C.O=C(O)c1ccccc1C(=O)O. The summed E-state index contributed by atoms with van der Waals surface area (Å²) in [6.45, 7) is 8.18. The minimum Gasteiger partial charge on any atom is -0.478 e. The first-order chi connectivity index (χ1) is 9.04.